The molecule has 0 fully saturated rings. The summed E-state index contributed by atoms with van der Waals surface area (Å²) in [5.41, 5.74) is 2.22. The molecule has 6 heteroatoms. The lowest BCUT2D eigenvalue weighted by atomic mass is 10.3. The smallest absolute Gasteiger partial charge is 0.193 e. The van der Waals surface area contributed by atoms with Gasteiger partial charge in [-0.15, -0.1) is 0 Å². The molecular weight excluding hydrogens is 324 g/mol. The van der Waals surface area contributed by atoms with E-state index in [2.05, 4.69) is 64.4 Å². The van der Waals surface area contributed by atoms with Gasteiger partial charge in [-0.1, -0.05) is 32.0 Å². The zero-order valence-electron chi connectivity index (χ0n) is 16.5. The van der Waals surface area contributed by atoms with Crippen molar-refractivity contribution in [2.45, 2.75) is 26.8 Å². The minimum Gasteiger partial charge on any atom is -0.355 e. The predicted octanol–water partition coefficient (Wildman–Crippen LogP) is 2.61. The molecule has 0 radical (unpaired) electrons. The third-order valence-corrected chi connectivity index (χ3v) is 4.35. The van der Waals surface area contributed by atoms with Gasteiger partial charge in [0.05, 0.1) is 11.9 Å². The van der Waals surface area contributed by atoms with Crippen LogP contribution in [0.3, 0.4) is 0 Å². The highest BCUT2D eigenvalue weighted by atomic mass is 15.3. The molecule has 1 aromatic heterocycles. The fourth-order valence-electron chi connectivity index (χ4n) is 2.97. The molecule has 0 aliphatic rings. The number of benzene rings is 1. The van der Waals surface area contributed by atoms with E-state index in [1.54, 1.807) is 0 Å². The Bertz CT molecular complexity index is 664. The number of hydrogen-bond acceptors (Lipinski definition) is 3. The molecule has 26 heavy (non-hydrogen) atoms. The molecule has 1 heterocycles. The summed E-state index contributed by atoms with van der Waals surface area (Å²) in [6, 6.07) is 10.2. The number of likely N-dealkylation sites (N-methyl/N-ethyl adjacent to an activating group) is 1. The number of rotatable bonds is 9. The molecule has 6 nitrogen and oxygen atoms in total. The van der Waals surface area contributed by atoms with Crippen molar-refractivity contribution in [2.24, 2.45) is 4.99 Å². The highest BCUT2D eigenvalue weighted by Crippen LogP contribution is 2.09. The van der Waals surface area contributed by atoms with Gasteiger partial charge in [0, 0.05) is 45.5 Å². The van der Waals surface area contributed by atoms with Crippen molar-refractivity contribution < 1.29 is 0 Å². The molecule has 0 atom stereocenters. The number of aromatic nitrogens is 2. The summed E-state index contributed by atoms with van der Waals surface area (Å²) >= 11 is 0. The van der Waals surface area contributed by atoms with Crippen LogP contribution in [0.4, 0.5) is 0 Å². The normalized spacial score (nSPS) is 11.8. The molecular formula is C20H32N6. The van der Waals surface area contributed by atoms with E-state index in [0.717, 1.165) is 49.9 Å². The number of para-hydroxylation sites is 1. The lowest BCUT2D eigenvalue weighted by molar-refractivity contribution is 0.291. The van der Waals surface area contributed by atoms with Crippen LogP contribution < -0.4 is 5.32 Å². The van der Waals surface area contributed by atoms with Crippen molar-refractivity contribution in [2.75, 3.05) is 40.3 Å². The lowest BCUT2D eigenvalue weighted by Crippen LogP contribution is -2.42. The number of nitrogens with one attached hydrogen (secondary N) is 1. The van der Waals surface area contributed by atoms with Gasteiger partial charge in [-0.3, -0.25) is 4.99 Å². The summed E-state index contributed by atoms with van der Waals surface area (Å²) in [5, 5.41) is 7.92. The van der Waals surface area contributed by atoms with Crippen molar-refractivity contribution in [3.8, 4) is 5.69 Å². The lowest BCUT2D eigenvalue weighted by Gasteiger charge is -2.24. The van der Waals surface area contributed by atoms with Gasteiger partial charge < -0.3 is 15.1 Å². The summed E-state index contributed by atoms with van der Waals surface area (Å²) in [6.07, 6.45) is 5.17. The van der Waals surface area contributed by atoms with Gasteiger partial charge in [0.1, 0.15) is 0 Å². The van der Waals surface area contributed by atoms with E-state index in [1.165, 1.54) is 6.42 Å². The molecule has 142 valence electrons. The van der Waals surface area contributed by atoms with E-state index in [4.69, 9.17) is 0 Å². The van der Waals surface area contributed by atoms with Crippen LogP contribution in [-0.2, 0) is 6.54 Å². The molecule has 0 aliphatic carbocycles. The zero-order chi connectivity index (χ0) is 18.8. The third kappa shape index (κ3) is 5.88. The first-order valence-electron chi connectivity index (χ1n) is 9.41. The molecule has 0 aliphatic heterocycles. The van der Waals surface area contributed by atoms with E-state index in [0.29, 0.717) is 0 Å². The Morgan fingerprint density at radius 1 is 1.19 bits per heavy atom. The first-order chi connectivity index (χ1) is 12.7. The molecule has 1 N–H and O–H groups in total. The second-order valence-corrected chi connectivity index (χ2v) is 6.39. The van der Waals surface area contributed by atoms with Gasteiger partial charge in [-0.05, 0) is 31.6 Å². The van der Waals surface area contributed by atoms with Crippen LogP contribution in [-0.4, -0.2) is 65.8 Å². The summed E-state index contributed by atoms with van der Waals surface area (Å²) in [4.78, 5) is 8.98. The average Bonchev–Trinajstić information content (AvgIpc) is 3.13. The van der Waals surface area contributed by atoms with Gasteiger partial charge in [-0.25, -0.2) is 4.68 Å². The molecule has 0 saturated carbocycles. The van der Waals surface area contributed by atoms with Gasteiger partial charge in [0.2, 0.25) is 0 Å². The van der Waals surface area contributed by atoms with Gasteiger partial charge in [-0.2, -0.15) is 5.10 Å². The summed E-state index contributed by atoms with van der Waals surface area (Å²) in [7, 11) is 3.88. The Morgan fingerprint density at radius 2 is 1.96 bits per heavy atom. The van der Waals surface area contributed by atoms with Crippen LogP contribution in [0.15, 0.2) is 47.7 Å². The maximum Gasteiger partial charge on any atom is 0.193 e. The van der Waals surface area contributed by atoms with Crippen molar-refractivity contribution in [1.82, 2.24) is 24.9 Å². The number of guanidine groups is 1. The standard InChI is InChI=1S/C20H32N6/c1-5-13-25(6-2)14-12-22-20(21-3)24(4)16-18-15-23-26(17-18)19-10-8-7-9-11-19/h7-11,15,17H,5-6,12-14,16H2,1-4H3,(H,21,22). The van der Waals surface area contributed by atoms with Gasteiger partial charge in [0.15, 0.2) is 5.96 Å². The molecule has 1 aromatic carbocycles. The fourth-order valence-corrected chi connectivity index (χ4v) is 2.97. The number of nitrogens with zero attached hydrogens (tertiary/aromatic N) is 5. The minimum absolute atomic E-state index is 0.763. The molecule has 2 aromatic rings. The topological polar surface area (TPSA) is 48.7 Å². The average molecular weight is 357 g/mol. The minimum atomic E-state index is 0.763. The number of aliphatic imine (C=N–C) groups is 1. The maximum atomic E-state index is 4.46. The second kappa shape index (κ2) is 10.6. The van der Waals surface area contributed by atoms with E-state index in [1.807, 2.05) is 36.1 Å². The van der Waals surface area contributed by atoms with Crippen LogP contribution in [0.1, 0.15) is 25.8 Å². The first-order valence-corrected chi connectivity index (χ1v) is 9.41. The number of hydrogen-bond donors (Lipinski definition) is 1. The van der Waals surface area contributed by atoms with Crippen LogP contribution in [0.5, 0.6) is 0 Å². The van der Waals surface area contributed by atoms with Crippen LogP contribution in [0, 0.1) is 0 Å². The van der Waals surface area contributed by atoms with Gasteiger partial charge >= 0.3 is 0 Å². The summed E-state index contributed by atoms with van der Waals surface area (Å²) in [5.74, 6) is 0.907. The van der Waals surface area contributed by atoms with Crippen LogP contribution >= 0.6 is 0 Å². The Balaban J connectivity index is 1.87. The zero-order valence-corrected chi connectivity index (χ0v) is 16.5. The van der Waals surface area contributed by atoms with E-state index >= 15 is 0 Å². The maximum absolute atomic E-state index is 4.46. The van der Waals surface area contributed by atoms with Crippen LogP contribution in [0.25, 0.3) is 5.69 Å². The second-order valence-electron chi connectivity index (χ2n) is 6.39. The van der Waals surface area contributed by atoms with E-state index in [-0.39, 0.29) is 0 Å². The summed E-state index contributed by atoms with van der Waals surface area (Å²) < 4.78 is 1.91. The highest BCUT2D eigenvalue weighted by Gasteiger charge is 2.09. The van der Waals surface area contributed by atoms with Crippen LogP contribution in [0.2, 0.25) is 0 Å². The Hall–Kier alpha value is -2.34. The molecule has 0 amide bonds. The SMILES string of the molecule is CCCN(CC)CCNC(=NC)N(C)Cc1cnn(-c2ccccc2)c1. The van der Waals surface area contributed by atoms with E-state index in [9.17, 15) is 0 Å². The molecule has 0 spiro atoms. The first kappa shape index (κ1) is 20.0. The third-order valence-electron chi connectivity index (χ3n) is 4.35. The van der Waals surface area contributed by atoms with Gasteiger partial charge in [0.25, 0.3) is 0 Å². The monoisotopic (exact) mass is 356 g/mol. The predicted molar refractivity (Wildman–Crippen MR) is 109 cm³/mol. The summed E-state index contributed by atoms with van der Waals surface area (Å²) in [6.45, 7) is 9.35. The van der Waals surface area contributed by atoms with Crippen molar-refractivity contribution in [3.63, 3.8) is 0 Å². The molecule has 0 saturated heterocycles. The van der Waals surface area contributed by atoms with Crippen molar-refractivity contribution in [3.05, 3.63) is 48.3 Å². The molecule has 2 rings (SSSR count). The Labute approximate surface area is 157 Å². The Kier molecular flexibility index (Phi) is 8.15. The van der Waals surface area contributed by atoms with E-state index < -0.39 is 0 Å². The largest absolute Gasteiger partial charge is 0.355 e. The van der Waals surface area contributed by atoms with Crippen molar-refractivity contribution >= 4 is 5.96 Å². The Morgan fingerprint density at radius 3 is 2.62 bits per heavy atom. The highest BCUT2D eigenvalue weighted by molar-refractivity contribution is 5.79. The fraction of sp³-hybridized carbons (Fsp3) is 0.500. The van der Waals surface area contributed by atoms with Crippen molar-refractivity contribution in [1.29, 1.82) is 0 Å². The quantitative estimate of drug-likeness (QED) is 0.554. The molecule has 0 unspecified atom stereocenters. The molecule has 0 bridgehead atoms.